The molecule has 0 aromatic heterocycles. The van der Waals surface area contributed by atoms with Crippen molar-refractivity contribution in [2.45, 2.75) is 12.3 Å². The van der Waals surface area contributed by atoms with Crippen molar-refractivity contribution in [3.8, 4) is 5.75 Å². The summed E-state index contributed by atoms with van der Waals surface area (Å²) in [5.74, 6) is -7.99. The minimum atomic E-state index is -4.85. The Kier molecular flexibility index (Phi) is 4.10. The van der Waals surface area contributed by atoms with Crippen LogP contribution >= 0.6 is 0 Å². The number of nitrogens with one attached hydrogen (secondary N) is 1. The van der Waals surface area contributed by atoms with Gasteiger partial charge in [-0.3, -0.25) is 4.79 Å². The van der Waals surface area contributed by atoms with Crippen molar-refractivity contribution >= 4 is 11.6 Å². The van der Waals surface area contributed by atoms with Crippen LogP contribution in [0.25, 0.3) is 0 Å². The summed E-state index contributed by atoms with van der Waals surface area (Å²) < 4.78 is 66.6. The second-order valence-electron chi connectivity index (χ2n) is 3.26. The summed E-state index contributed by atoms with van der Waals surface area (Å²) in [6.07, 6.45) is -4.15. The fourth-order valence-corrected chi connectivity index (χ4v) is 1.07. The first-order chi connectivity index (χ1) is 8.27. The number of anilines is 1. The van der Waals surface area contributed by atoms with Crippen LogP contribution in [0.5, 0.6) is 5.75 Å². The molecule has 0 saturated carbocycles. The van der Waals surface area contributed by atoms with Crippen molar-refractivity contribution in [1.82, 2.24) is 0 Å². The van der Waals surface area contributed by atoms with Gasteiger partial charge in [-0.15, -0.1) is 0 Å². The number of halogens is 5. The molecule has 0 bridgehead atoms. The van der Waals surface area contributed by atoms with Gasteiger partial charge in [0.2, 0.25) is 0 Å². The first kappa shape index (κ1) is 14.2. The van der Waals surface area contributed by atoms with Crippen LogP contribution in [0.15, 0.2) is 18.2 Å². The molecule has 0 unspecified atom stereocenters. The van der Waals surface area contributed by atoms with Crippen LogP contribution in [-0.2, 0) is 4.79 Å². The van der Waals surface area contributed by atoms with Gasteiger partial charge < -0.3 is 10.1 Å². The molecule has 1 amide bonds. The smallest absolute Gasteiger partial charge is 0.383 e. The molecule has 3 nitrogen and oxygen atoms in total. The van der Waals surface area contributed by atoms with Gasteiger partial charge in [-0.05, 0) is 6.07 Å². The Hall–Kier alpha value is -1.86. The number of hydrogen-bond acceptors (Lipinski definition) is 2. The normalized spacial score (nSPS) is 11.5. The van der Waals surface area contributed by atoms with E-state index in [1.54, 1.807) is 0 Å². The highest BCUT2D eigenvalue weighted by Crippen LogP contribution is 2.26. The van der Waals surface area contributed by atoms with Gasteiger partial charge in [0, 0.05) is 17.8 Å². The molecular formula is C10H8F5NO2. The maximum Gasteiger partial charge on any atom is 0.383 e. The quantitative estimate of drug-likeness (QED) is 0.853. The summed E-state index contributed by atoms with van der Waals surface area (Å²) in [6, 6.07) is 2.64. The van der Waals surface area contributed by atoms with Gasteiger partial charge in [-0.2, -0.15) is 8.78 Å². The Bertz CT molecular complexity index is 450. The number of amides is 1. The van der Waals surface area contributed by atoms with Crippen molar-refractivity contribution in [3.05, 3.63) is 24.0 Å². The molecule has 1 N–H and O–H groups in total. The molecule has 0 radical (unpaired) electrons. The van der Waals surface area contributed by atoms with Crippen LogP contribution in [0.1, 0.15) is 0 Å². The Balaban J connectivity index is 2.91. The molecule has 0 aliphatic carbocycles. The molecule has 0 saturated heterocycles. The van der Waals surface area contributed by atoms with Gasteiger partial charge >= 0.3 is 18.3 Å². The number of rotatable bonds is 4. The lowest BCUT2D eigenvalue weighted by Gasteiger charge is -2.15. The van der Waals surface area contributed by atoms with Crippen molar-refractivity contribution in [2.24, 2.45) is 0 Å². The zero-order valence-electron chi connectivity index (χ0n) is 9.02. The molecule has 0 fully saturated rings. The molecule has 18 heavy (non-hydrogen) atoms. The van der Waals surface area contributed by atoms with E-state index in [0.29, 0.717) is 6.07 Å². The number of hydrogen-bond donors (Lipinski definition) is 1. The van der Waals surface area contributed by atoms with E-state index in [9.17, 15) is 26.7 Å². The van der Waals surface area contributed by atoms with Gasteiger partial charge in [0.25, 0.3) is 0 Å². The summed E-state index contributed by atoms with van der Waals surface area (Å²) in [7, 11) is 1.19. The fourth-order valence-electron chi connectivity index (χ4n) is 1.07. The minimum Gasteiger partial charge on any atom is -0.497 e. The molecule has 0 atom stereocenters. The van der Waals surface area contributed by atoms with Crippen LogP contribution in [-0.4, -0.2) is 25.4 Å². The third kappa shape index (κ3) is 3.08. The monoisotopic (exact) mass is 269 g/mol. The topological polar surface area (TPSA) is 38.3 Å². The third-order valence-electron chi connectivity index (χ3n) is 1.94. The molecule has 100 valence electrons. The van der Waals surface area contributed by atoms with E-state index >= 15 is 0 Å². The Labute approximate surface area is 98.5 Å². The molecule has 0 aliphatic heterocycles. The second-order valence-corrected chi connectivity index (χ2v) is 3.26. The molecule has 0 spiro atoms. The number of methoxy groups -OCH3 is 1. The Morgan fingerprint density at radius 2 is 1.94 bits per heavy atom. The van der Waals surface area contributed by atoms with Crippen LogP contribution in [0.3, 0.4) is 0 Å². The molecular weight excluding hydrogens is 261 g/mol. The highest BCUT2D eigenvalue weighted by atomic mass is 19.3. The molecule has 1 aromatic rings. The van der Waals surface area contributed by atoms with Gasteiger partial charge in [-0.1, -0.05) is 0 Å². The average Bonchev–Trinajstić information content (AvgIpc) is 2.27. The number of ether oxygens (including phenoxy) is 1. The van der Waals surface area contributed by atoms with Crippen molar-refractivity contribution in [2.75, 3.05) is 12.4 Å². The number of benzene rings is 1. The van der Waals surface area contributed by atoms with Gasteiger partial charge in [-0.25, -0.2) is 13.2 Å². The van der Waals surface area contributed by atoms with E-state index in [1.807, 2.05) is 0 Å². The summed E-state index contributed by atoms with van der Waals surface area (Å²) in [5.41, 5.74) is -0.405. The predicted octanol–water partition coefficient (Wildman–Crippen LogP) is 2.67. The highest BCUT2D eigenvalue weighted by molar-refractivity contribution is 5.96. The number of alkyl halides is 4. The van der Waals surface area contributed by atoms with Crippen molar-refractivity contribution in [1.29, 1.82) is 0 Å². The lowest BCUT2D eigenvalue weighted by atomic mass is 10.2. The van der Waals surface area contributed by atoms with Crippen LogP contribution in [0, 0.1) is 5.82 Å². The number of carbonyl (C=O) groups excluding carboxylic acids is 1. The predicted molar refractivity (Wildman–Crippen MR) is 52.5 cm³/mol. The molecule has 8 heteroatoms. The van der Waals surface area contributed by atoms with Crippen LogP contribution in [0.2, 0.25) is 0 Å². The van der Waals surface area contributed by atoms with E-state index in [4.69, 9.17) is 0 Å². The van der Waals surface area contributed by atoms with Gasteiger partial charge in [0.05, 0.1) is 7.11 Å². The van der Waals surface area contributed by atoms with E-state index < -0.39 is 29.8 Å². The summed E-state index contributed by atoms with van der Waals surface area (Å²) in [6.45, 7) is 0. The second kappa shape index (κ2) is 5.19. The van der Waals surface area contributed by atoms with E-state index in [0.717, 1.165) is 12.1 Å². The Morgan fingerprint density at radius 1 is 1.33 bits per heavy atom. The summed E-state index contributed by atoms with van der Waals surface area (Å²) >= 11 is 0. The van der Waals surface area contributed by atoms with Gasteiger partial charge in [0.15, 0.2) is 0 Å². The zero-order valence-corrected chi connectivity index (χ0v) is 9.02. The first-order valence-electron chi connectivity index (χ1n) is 4.59. The van der Waals surface area contributed by atoms with E-state index in [-0.39, 0.29) is 5.75 Å². The maximum atomic E-state index is 13.0. The first-order valence-corrected chi connectivity index (χ1v) is 4.59. The molecule has 0 aliphatic rings. The fraction of sp³-hybridized carbons (Fsp3) is 0.300. The van der Waals surface area contributed by atoms with Crippen molar-refractivity contribution in [3.63, 3.8) is 0 Å². The SMILES string of the molecule is COc1cc(F)cc(NC(=O)C(F)(F)C(F)F)c1. The Morgan fingerprint density at radius 3 is 2.44 bits per heavy atom. The summed E-state index contributed by atoms with van der Waals surface area (Å²) in [5, 5.41) is 1.49. The van der Waals surface area contributed by atoms with Gasteiger partial charge in [0.1, 0.15) is 11.6 Å². The third-order valence-corrected chi connectivity index (χ3v) is 1.94. The maximum absolute atomic E-state index is 13.0. The zero-order chi connectivity index (χ0) is 13.9. The average molecular weight is 269 g/mol. The molecule has 1 aromatic carbocycles. The lowest BCUT2D eigenvalue weighted by Crippen LogP contribution is -2.41. The largest absolute Gasteiger partial charge is 0.497 e. The minimum absolute atomic E-state index is 0.0503. The van der Waals surface area contributed by atoms with Crippen LogP contribution < -0.4 is 10.1 Å². The van der Waals surface area contributed by atoms with E-state index in [2.05, 4.69) is 4.74 Å². The van der Waals surface area contributed by atoms with Crippen molar-refractivity contribution < 1.29 is 31.5 Å². The van der Waals surface area contributed by atoms with E-state index in [1.165, 1.54) is 12.4 Å². The molecule has 1 rings (SSSR count). The highest BCUT2D eigenvalue weighted by Gasteiger charge is 2.48. The summed E-state index contributed by atoms with van der Waals surface area (Å²) in [4.78, 5) is 10.9. The lowest BCUT2D eigenvalue weighted by molar-refractivity contribution is -0.163. The van der Waals surface area contributed by atoms with Crippen LogP contribution in [0.4, 0.5) is 27.6 Å². The number of carbonyl (C=O) groups is 1. The standard InChI is InChI=1S/C10H8F5NO2/c1-18-7-3-5(11)2-6(4-7)16-9(17)10(14,15)8(12)13/h2-4,8H,1H3,(H,16,17). The molecule has 0 heterocycles.